The molecule has 0 radical (unpaired) electrons. The summed E-state index contributed by atoms with van der Waals surface area (Å²) in [7, 11) is 0. The summed E-state index contributed by atoms with van der Waals surface area (Å²) in [6.45, 7) is 0.722. The van der Waals surface area contributed by atoms with Gasteiger partial charge in [-0.15, -0.1) is 0 Å². The number of rotatable bonds is 4. The molecule has 2 aliphatic rings. The molecule has 1 aliphatic heterocycles. The number of benzene rings is 1. The van der Waals surface area contributed by atoms with Crippen LogP contribution in [0.5, 0.6) is 0 Å². The lowest BCUT2D eigenvalue weighted by molar-refractivity contribution is 0.192. The number of likely N-dealkylation sites (tertiary alicyclic amines) is 1. The fourth-order valence-corrected chi connectivity index (χ4v) is 4.64. The highest BCUT2D eigenvalue weighted by molar-refractivity contribution is 5.73. The van der Waals surface area contributed by atoms with Crippen LogP contribution in [0.1, 0.15) is 56.9 Å². The molecule has 2 atom stereocenters. The van der Waals surface area contributed by atoms with E-state index in [1.54, 1.807) is 11.1 Å². The summed E-state index contributed by atoms with van der Waals surface area (Å²) in [5, 5.41) is 0. The molecular formula is C21H27N3O2. The van der Waals surface area contributed by atoms with Crippen molar-refractivity contribution in [2.75, 3.05) is 6.54 Å². The van der Waals surface area contributed by atoms with Gasteiger partial charge in [0.1, 0.15) is 6.04 Å². The van der Waals surface area contributed by atoms with Gasteiger partial charge in [-0.3, -0.25) is 0 Å². The maximum atomic E-state index is 12.0. The largest absolute Gasteiger partial charge is 0.438 e. The van der Waals surface area contributed by atoms with Crippen LogP contribution in [0.25, 0.3) is 11.3 Å². The van der Waals surface area contributed by atoms with Crippen LogP contribution in [-0.4, -0.2) is 22.5 Å². The number of oxazole rings is 1. The fourth-order valence-electron chi connectivity index (χ4n) is 4.64. The Morgan fingerprint density at radius 2 is 1.92 bits per heavy atom. The van der Waals surface area contributed by atoms with Crippen molar-refractivity contribution >= 4 is 6.03 Å². The first-order valence-electron chi connectivity index (χ1n) is 9.78. The molecule has 26 heavy (non-hydrogen) atoms. The van der Waals surface area contributed by atoms with E-state index in [0.717, 1.165) is 30.2 Å². The molecule has 2 amide bonds. The minimum atomic E-state index is -0.374. The van der Waals surface area contributed by atoms with Crippen molar-refractivity contribution in [2.24, 2.45) is 17.6 Å². The van der Waals surface area contributed by atoms with Crippen molar-refractivity contribution in [1.82, 2.24) is 9.88 Å². The summed E-state index contributed by atoms with van der Waals surface area (Å²) in [5.74, 6) is 2.63. The minimum Gasteiger partial charge on any atom is -0.438 e. The van der Waals surface area contributed by atoms with Gasteiger partial charge in [-0.25, -0.2) is 9.78 Å². The predicted octanol–water partition coefficient (Wildman–Crippen LogP) is 4.75. The van der Waals surface area contributed by atoms with Gasteiger partial charge in [-0.05, 0) is 24.7 Å². The van der Waals surface area contributed by atoms with E-state index in [-0.39, 0.29) is 12.1 Å². The molecule has 1 saturated carbocycles. The van der Waals surface area contributed by atoms with Gasteiger partial charge in [0, 0.05) is 12.1 Å². The Morgan fingerprint density at radius 3 is 2.65 bits per heavy atom. The van der Waals surface area contributed by atoms with E-state index >= 15 is 0 Å². The summed E-state index contributed by atoms with van der Waals surface area (Å²) in [4.78, 5) is 18.2. The maximum Gasteiger partial charge on any atom is 0.315 e. The molecule has 4 rings (SSSR count). The molecule has 2 N–H and O–H groups in total. The third kappa shape index (κ3) is 3.62. The van der Waals surface area contributed by atoms with Crippen LogP contribution in [0.4, 0.5) is 4.79 Å². The quantitative estimate of drug-likeness (QED) is 0.862. The van der Waals surface area contributed by atoms with Gasteiger partial charge in [0.25, 0.3) is 0 Å². The van der Waals surface area contributed by atoms with Crippen molar-refractivity contribution in [2.45, 2.75) is 51.0 Å². The number of amides is 2. The lowest BCUT2D eigenvalue weighted by Crippen LogP contribution is -2.35. The van der Waals surface area contributed by atoms with Crippen LogP contribution in [0, 0.1) is 11.8 Å². The molecule has 1 aliphatic carbocycles. The average Bonchev–Trinajstić information content (AvgIpc) is 3.30. The number of urea groups is 1. The second kappa shape index (κ2) is 7.52. The van der Waals surface area contributed by atoms with Crippen molar-refractivity contribution in [3.63, 3.8) is 0 Å². The van der Waals surface area contributed by atoms with Crippen LogP contribution >= 0.6 is 0 Å². The summed E-state index contributed by atoms with van der Waals surface area (Å²) >= 11 is 0. The third-order valence-electron chi connectivity index (χ3n) is 5.93. The van der Waals surface area contributed by atoms with Gasteiger partial charge in [0.05, 0.1) is 6.20 Å². The number of nitrogens with two attached hydrogens (primary N) is 1. The van der Waals surface area contributed by atoms with Gasteiger partial charge in [0.15, 0.2) is 5.76 Å². The summed E-state index contributed by atoms with van der Waals surface area (Å²) in [6, 6.07) is 9.40. The molecule has 138 valence electrons. The number of primary amides is 1. The van der Waals surface area contributed by atoms with Crippen molar-refractivity contribution in [3.05, 3.63) is 42.4 Å². The minimum absolute atomic E-state index is 0.140. The van der Waals surface area contributed by atoms with E-state index in [1.165, 1.54) is 38.5 Å². The summed E-state index contributed by atoms with van der Waals surface area (Å²) < 4.78 is 6.01. The van der Waals surface area contributed by atoms with E-state index in [0.29, 0.717) is 11.8 Å². The van der Waals surface area contributed by atoms with E-state index in [4.69, 9.17) is 10.2 Å². The van der Waals surface area contributed by atoms with E-state index in [1.807, 2.05) is 30.3 Å². The number of carbonyl (C=O) groups excluding carboxylic acids is 1. The standard InChI is InChI=1S/C21H27N3O2/c22-21(25)24-14-16(11-15-7-3-1-4-8-15)12-18(24)20-23-13-19(26-20)17-9-5-2-6-10-17/h2,5-6,9-10,13,15-16,18H,1,3-4,7-8,11-12,14H2,(H2,22,25)/t16?,18-/m0/s1. The Balaban J connectivity index is 1.49. The number of carbonyl (C=O) groups is 1. The summed E-state index contributed by atoms with van der Waals surface area (Å²) in [6.07, 6.45) is 10.6. The van der Waals surface area contributed by atoms with Crippen molar-refractivity contribution in [3.8, 4) is 11.3 Å². The highest BCUT2D eigenvalue weighted by Gasteiger charge is 2.39. The second-order valence-electron chi connectivity index (χ2n) is 7.78. The van der Waals surface area contributed by atoms with Crippen LogP contribution < -0.4 is 5.73 Å². The van der Waals surface area contributed by atoms with Crippen molar-refractivity contribution in [1.29, 1.82) is 0 Å². The van der Waals surface area contributed by atoms with Crippen LogP contribution in [-0.2, 0) is 0 Å². The summed E-state index contributed by atoms with van der Waals surface area (Å²) in [5.41, 5.74) is 6.65. The maximum absolute atomic E-state index is 12.0. The Labute approximate surface area is 154 Å². The monoisotopic (exact) mass is 353 g/mol. The van der Waals surface area contributed by atoms with Crippen molar-refractivity contribution < 1.29 is 9.21 Å². The van der Waals surface area contributed by atoms with Gasteiger partial charge in [0.2, 0.25) is 5.89 Å². The van der Waals surface area contributed by atoms with E-state index in [2.05, 4.69) is 4.98 Å². The average molecular weight is 353 g/mol. The van der Waals surface area contributed by atoms with Crippen LogP contribution in [0.15, 0.2) is 40.9 Å². The molecule has 1 saturated heterocycles. The van der Waals surface area contributed by atoms with Gasteiger partial charge in [-0.1, -0.05) is 62.4 Å². The Kier molecular flexibility index (Phi) is 4.96. The second-order valence-corrected chi connectivity index (χ2v) is 7.78. The third-order valence-corrected chi connectivity index (χ3v) is 5.93. The molecule has 2 aromatic rings. The van der Waals surface area contributed by atoms with E-state index < -0.39 is 0 Å². The SMILES string of the molecule is NC(=O)N1CC(CC2CCCCC2)C[C@H]1c1ncc(-c2ccccc2)o1. The molecule has 2 heterocycles. The first-order valence-corrected chi connectivity index (χ1v) is 9.78. The zero-order valence-electron chi connectivity index (χ0n) is 15.1. The molecule has 1 unspecified atom stereocenters. The number of aromatic nitrogens is 1. The van der Waals surface area contributed by atoms with Gasteiger partial charge >= 0.3 is 6.03 Å². The molecule has 1 aromatic heterocycles. The normalized spacial score (nSPS) is 24.1. The highest BCUT2D eigenvalue weighted by atomic mass is 16.4. The predicted molar refractivity (Wildman–Crippen MR) is 100 cm³/mol. The molecule has 0 bridgehead atoms. The zero-order chi connectivity index (χ0) is 17.9. The Morgan fingerprint density at radius 1 is 1.15 bits per heavy atom. The van der Waals surface area contributed by atoms with Crippen LogP contribution in [0.3, 0.4) is 0 Å². The number of nitrogens with zero attached hydrogens (tertiary/aromatic N) is 2. The van der Waals surface area contributed by atoms with Crippen LogP contribution in [0.2, 0.25) is 0 Å². The highest BCUT2D eigenvalue weighted by Crippen LogP contribution is 2.40. The molecule has 5 heteroatoms. The first-order chi connectivity index (χ1) is 12.7. The van der Waals surface area contributed by atoms with Gasteiger partial charge < -0.3 is 15.1 Å². The lowest BCUT2D eigenvalue weighted by Gasteiger charge is -2.24. The number of hydrogen-bond acceptors (Lipinski definition) is 3. The molecule has 5 nitrogen and oxygen atoms in total. The molecular weight excluding hydrogens is 326 g/mol. The van der Waals surface area contributed by atoms with Gasteiger partial charge in [-0.2, -0.15) is 0 Å². The Hall–Kier alpha value is -2.30. The number of hydrogen-bond donors (Lipinski definition) is 1. The zero-order valence-corrected chi connectivity index (χ0v) is 15.1. The molecule has 2 fully saturated rings. The lowest BCUT2D eigenvalue weighted by atomic mass is 9.82. The smallest absolute Gasteiger partial charge is 0.315 e. The Bertz CT molecular complexity index is 737. The molecule has 0 spiro atoms. The molecule has 1 aromatic carbocycles. The first kappa shape index (κ1) is 17.1. The fraction of sp³-hybridized carbons (Fsp3) is 0.524. The topological polar surface area (TPSA) is 72.4 Å². The van der Waals surface area contributed by atoms with E-state index in [9.17, 15) is 4.79 Å².